The van der Waals surface area contributed by atoms with Gasteiger partial charge in [0.05, 0.1) is 6.07 Å². The Labute approximate surface area is 112 Å². The van der Waals surface area contributed by atoms with Crippen LogP contribution in [-0.2, 0) is 10.2 Å². The van der Waals surface area contributed by atoms with Crippen LogP contribution in [0.5, 0.6) is 11.5 Å². The summed E-state index contributed by atoms with van der Waals surface area (Å²) in [4.78, 5) is 11.3. The maximum Gasteiger partial charge on any atom is 0.234 e. The van der Waals surface area contributed by atoms with Gasteiger partial charge in [0.2, 0.25) is 12.7 Å². The van der Waals surface area contributed by atoms with Crippen molar-refractivity contribution in [2.24, 2.45) is 0 Å². The number of hydrogen-bond acceptors (Lipinski definition) is 4. The molecule has 1 aliphatic rings. The lowest BCUT2D eigenvalue weighted by Crippen LogP contribution is -2.36. The number of carbonyl (C=O) groups is 1. The van der Waals surface area contributed by atoms with Gasteiger partial charge in [0.1, 0.15) is 6.42 Å². The third kappa shape index (κ3) is 2.97. The molecule has 0 bridgehead atoms. The smallest absolute Gasteiger partial charge is 0.234 e. The lowest BCUT2D eigenvalue weighted by Gasteiger charge is -2.25. The summed E-state index contributed by atoms with van der Waals surface area (Å²) in [5, 5.41) is 11.2. The van der Waals surface area contributed by atoms with E-state index in [0.717, 1.165) is 17.1 Å². The first-order valence-corrected chi connectivity index (χ1v) is 6.07. The lowest BCUT2D eigenvalue weighted by atomic mass is 9.84. The maximum atomic E-state index is 11.3. The zero-order chi connectivity index (χ0) is 13.9. The molecule has 2 rings (SSSR count). The summed E-state index contributed by atoms with van der Waals surface area (Å²) >= 11 is 0. The van der Waals surface area contributed by atoms with Crippen LogP contribution < -0.4 is 14.8 Å². The summed E-state index contributed by atoms with van der Waals surface area (Å²) in [5.41, 5.74) is 0.806. The summed E-state index contributed by atoms with van der Waals surface area (Å²) in [5.74, 6) is 1.22. The van der Waals surface area contributed by atoms with Crippen molar-refractivity contribution < 1.29 is 14.3 Å². The quantitative estimate of drug-likeness (QED) is 0.894. The van der Waals surface area contributed by atoms with Crippen LogP contribution >= 0.6 is 0 Å². The highest BCUT2D eigenvalue weighted by molar-refractivity contribution is 5.78. The standard InChI is InChI=1S/C14H16N2O3/c1-14(2,8-16-13(17)5-6-15)10-3-4-11-12(7-10)19-9-18-11/h3-4,7H,5,8-9H2,1-2H3,(H,16,17). The number of benzene rings is 1. The number of nitrogens with zero attached hydrogens (tertiary/aromatic N) is 1. The molecule has 1 amide bonds. The van der Waals surface area contributed by atoms with Crippen LogP contribution in [0.1, 0.15) is 25.8 Å². The second-order valence-electron chi connectivity index (χ2n) is 5.06. The van der Waals surface area contributed by atoms with E-state index < -0.39 is 0 Å². The van der Waals surface area contributed by atoms with Crippen molar-refractivity contribution in [3.8, 4) is 17.6 Å². The predicted molar refractivity (Wildman–Crippen MR) is 68.8 cm³/mol. The molecule has 0 saturated heterocycles. The Kier molecular flexibility index (Phi) is 3.61. The number of amides is 1. The van der Waals surface area contributed by atoms with Crippen LogP contribution in [-0.4, -0.2) is 19.2 Å². The van der Waals surface area contributed by atoms with Crippen molar-refractivity contribution in [3.63, 3.8) is 0 Å². The third-order valence-electron chi connectivity index (χ3n) is 3.12. The molecular weight excluding hydrogens is 244 g/mol. The van der Waals surface area contributed by atoms with Gasteiger partial charge in [-0.2, -0.15) is 5.26 Å². The molecular formula is C14H16N2O3. The number of ether oxygens (including phenoxy) is 2. The first kappa shape index (κ1) is 13.2. The number of nitriles is 1. The fourth-order valence-electron chi connectivity index (χ4n) is 1.87. The van der Waals surface area contributed by atoms with Gasteiger partial charge in [0.15, 0.2) is 11.5 Å². The Hall–Kier alpha value is -2.22. The minimum atomic E-state index is -0.253. The molecule has 1 heterocycles. The minimum absolute atomic E-state index is 0.114. The summed E-state index contributed by atoms with van der Waals surface area (Å²) in [6.45, 7) is 4.76. The first-order valence-electron chi connectivity index (χ1n) is 6.07. The van der Waals surface area contributed by atoms with E-state index in [9.17, 15) is 4.79 Å². The fourth-order valence-corrected chi connectivity index (χ4v) is 1.87. The molecule has 1 N–H and O–H groups in total. The summed E-state index contributed by atoms with van der Waals surface area (Å²) in [6, 6.07) is 7.59. The van der Waals surface area contributed by atoms with Crippen LogP contribution in [0.15, 0.2) is 18.2 Å². The molecule has 5 nitrogen and oxygen atoms in total. The van der Waals surface area contributed by atoms with Gasteiger partial charge < -0.3 is 14.8 Å². The summed E-state index contributed by atoms with van der Waals surface area (Å²) in [6.07, 6.45) is -0.114. The van der Waals surface area contributed by atoms with Gasteiger partial charge in [-0.05, 0) is 17.7 Å². The van der Waals surface area contributed by atoms with Crippen LogP contribution in [0.3, 0.4) is 0 Å². The molecule has 0 fully saturated rings. The average Bonchev–Trinajstić information content (AvgIpc) is 2.84. The molecule has 0 spiro atoms. The molecule has 1 aromatic rings. The molecule has 0 radical (unpaired) electrons. The Morgan fingerprint density at radius 1 is 1.42 bits per heavy atom. The molecule has 5 heteroatoms. The van der Waals surface area contributed by atoms with E-state index in [1.165, 1.54) is 0 Å². The SMILES string of the molecule is CC(C)(CNC(=O)CC#N)c1ccc2c(c1)OCO2. The normalized spacial score (nSPS) is 12.9. The van der Waals surface area contributed by atoms with Crippen LogP contribution in [0.25, 0.3) is 0 Å². The van der Waals surface area contributed by atoms with E-state index in [0.29, 0.717) is 6.54 Å². The second-order valence-corrected chi connectivity index (χ2v) is 5.06. The predicted octanol–water partition coefficient (Wildman–Crippen LogP) is 1.72. The van der Waals surface area contributed by atoms with E-state index >= 15 is 0 Å². The van der Waals surface area contributed by atoms with E-state index in [1.54, 1.807) is 0 Å². The second kappa shape index (κ2) is 5.19. The van der Waals surface area contributed by atoms with Crippen molar-refractivity contribution in [2.45, 2.75) is 25.7 Å². The Bertz CT molecular complexity index is 532. The van der Waals surface area contributed by atoms with E-state index in [4.69, 9.17) is 14.7 Å². The number of hydrogen-bond donors (Lipinski definition) is 1. The molecule has 100 valence electrons. The number of carbonyl (C=O) groups excluding carboxylic acids is 1. The van der Waals surface area contributed by atoms with Gasteiger partial charge in [-0.1, -0.05) is 19.9 Å². The molecule has 0 atom stereocenters. The van der Waals surface area contributed by atoms with Gasteiger partial charge in [-0.25, -0.2) is 0 Å². The highest BCUT2D eigenvalue weighted by atomic mass is 16.7. The minimum Gasteiger partial charge on any atom is -0.454 e. The highest BCUT2D eigenvalue weighted by Crippen LogP contribution is 2.36. The molecule has 1 aromatic carbocycles. The van der Waals surface area contributed by atoms with Crippen molar-refractivity contribution in [1.29, 1.82) is 5.26 Å². The molecule has 0 unspecified atom stereocenters. The molecule has 1 aliphatic heterocycles. The molecule has 0 saturated carbocycles. The average molecular weight is 260 g/mol. The van der Waals surface area contributed by atoms with Gasteiger partial charge in [-0.15, -0.1) is 0 Å². The van der Waals surface area contributed by atoms with Crippen molar-refractivity contribution >= 4 is 5.91 Å². The fraction of sp³-hybridized carbons (Fsp3) is 0.429. The number of rotatable bonds is 4. The van der Waals surface area contributed by atoms with Gasteiger partial charge in [0.25, 0.3) is 0 Å². The zero-order valence-corrected chi connectivity index (χ0v) is 11.0. The van der Waals surface area contributed by atoms with Crippen LogP contribution in [0, 0.1) is 11.3 Å². The number of nitrogens with one attached hydrogen (secondary N) is 1. The van der Waals surface area contributed by atoms with Crippen LogP contribution in [0.4, 0.5) is 0 Å². The van der Waals surface area contributed by atoms with Crippen molar-refractivity contribution in [1.82, 2.24) is 5.32 Å². The Morgan fingerprint density at radius 3 is 2.89 bits per heavy atom. The van der Waals surface area contributed by atoms with Gasteiger partial charge in [0, 0.05) is 12.0 Å². The highest BCUT2D eigenvalue weighted by Gasteiger charge is 2.24. The Balaban J connectivity index is 2.07. The van der Waals surface area contributed by atoms with Gasteiger partial charge in [-0.3, -0.25) is 4.79 Å². The van der Waals surface area contributed by atoms with Crippen molar-refractivity contribution in [3.05, 3.63) is 23.8 Å². The number of fused-ring (bicyclic) bond motifs is 1. The van der Waals surface area contributed by atoms with E-state index in [1.807, 2.05) is 38.1 Å². The third-order valence-corrected chi connectivity index (χ3v) is 3.12. The molecule has 19 heavy (non-hydrogen) atoms. The Morgan fingerprint density at radius 2 is 2.16 bits per heavy atom. The van der Waals surface area contributed by atoms with Gasteiger partial charge >= 0.3 is 0 Å². The largest absolute Gasteiger partial charge is 0.454 e. The topological polar surface area (TPSA) is 71.4 Å². The summed E-state index contributed by atoms with van der Waals surface area (Å²) < 4.78 is 10.6. The van der Waals surface area contributed by atoms with Crippen LogP contribution in [0.2, 0.25) is 0 Å². The zero-order valence-electron chi connectivity index (χ0n) is 11.0. The lowest BCUT2D eigenvalue weighted by molar-refractivity contribution is -0.120. The molecule has 0 aromatic heterocycles. The van der Waals surface area contributed by atoms with E-state index in [2.05, 4.69) is 5.32 Å². The molecule has 0 aliphatic carbocycles. The maximum absolute atomic E-state index is 11.3. The first-order chi connectivity index (χ1) is 9.03. The van der Waals surface area contributed by atoms with Crippen molar-refractivity contribution in [2.75, 3.05) is 13.3 Å². The summed E-state index contributed by atoms with van der Waals surface area (Å²) in [7, 11) is 0. The van der Waals surface area contributed by atoms with E-state index in [-0.39, 0.29) is 24.5 Å². The monoisotopic (exact) mass is 260 g/mol.